The highest BCUT2D eigenvalue weighted by Crippen LogP contribution is 2.38. The molecule has 0 fully saturated rings. The van der Waals surface area contributed by atoms with Crippen LogP contribution >= 0.6 is 0 Å². The Morgan fingerprint density at radius 1 is 1.23 bits per heavy atom. The van der Waals surface area contributed by atoms with Gasteiger partial charge in [0.1, 0.15) is 19.2 Å². The van der Waals surface area contributed by atoms with Gasteiger partial charge >= 0.3 is 0 Å². The lowest BCUT2D eigenvalue weighted by Crippen LogP contribution is -2.16. The average molecular weight is 372 g/mol. The van der Waals surface area contributed by atoms with E-state index in [1.165, 1.54) is 12.6 Å². The van der Waals surface area contributed by atoms with E-state index in [0.29, 0.717) is 35.2 Å². The van der Waals surface area contributed by atoms with Crippen molar-refractivity contribution < 1.29 is 22.1 Å². The smallest absolute Gasteiger partial charge is 0.293 e. The van der Waals surface area contributed by atoms with Gasteiger partial charge in [0.15, 0.2) is 17.3 Å². The molecule has 1 aromatic heterocycles. The van der Waals surface area contributed by atoms with Gasteiger partial charge in [-0.1, -0.05) is 11.6 Å². The van der Waals surface area contributed by atoms with Crippen LogP contribution in [0.15, 0.2) is 59.3 Å². The van der Waals surface area contributed by atoms with Crippen molar-refractivity contribution >= 4 is 21.0 Å². The summed E-state index contributed by atoms with van der Waals surface area (Å²) in [5.41, 5.74) is 1.84. The largest absolute Gasteiger partial charge is 0.457 e. The summed E-state index contributed by atoms with van der Waals surface area (Å²) in [5, 5.41) is 0.675. The molecular weight excluding hydrogens is 356 g/mol. The quantitative estimate of drug-likeness (QED) is 0.762. The van der Waals surface area contributed by atoms with Crippen molar-refractivity contribution in [2.75, 3.05) is 6.61 Å². The molecule has 4 rings (SSSR count). The first-order valence-electron chi connectivity index (χ1n) is 8.05. The molecule has 0 N–H and O–H groups in total. The van der Waals surface area contributed by atoms with E-state index in [4.69, 9.17) is 13.7 Å². The van der Waals surface area contributed by atoms with Crippen LogP contribution < -0.4 is 9.47 Å². The van der Waals surface area contributed by atoms with Gasteiger partial charge in [0.2, 0.25) is 0 Å². The zero-order valence-corrected chi connectivity index (χ0v) is 14.8. The zero-order valence-electron chi connectivity index (χ0n) is 14.0. The van der Waals surface area contributed by atoms with Gasteiger partial charge in [-0.05, 0) is 38.0 Å². The van der Waals surface area contributed by atoms with E-state index in [-0.39, 0.29) is 17.3 Å². The Labute approximate surface area is 150 Å². The monoisotopic (exact) mass is 372 g/mol. The molecule has 2 heterocycles. The topological polar surface area (TPSA) is 87.6 Å². The molecule has 0 radical (unpaired) electrons. The summed E-state index contributed by atoms with van der Waals surface area (Å²) < 4.78 is 41.1. The maximum Gasteiger partial charge on any atom is 0.293 e. The molecule has 2 aliphatic rings. The molecule has 0 amide bonds. The summed E-state index contributed by atoms with van der Waals surface area (Å²) in [6.07, 6.45) is 8.92. The van der Waals surface area contributed by atoms with Gasteiger partial charge in [-0.3, -0.25) is 4.18 Å². The lowest BCUT2D eigenvalue weighted by atomic mass is 10.1. The molecule has 0 saturated heterocycles. The van der Waals surface area contributed by atoms with E-state index in [1.807, 2.05) is 6.92 Å². The molecule has 1 aromatic carbocycles. The molecule has 1 aliphatic carbocycles. The van der Waals surface area contributed by atoms with Crippen molar-refractivity contribution in [1.29, 1.82) is 0 Å². The molecule has 0 atom stereocenters. The Kier molecular flexibility index (Phi) is 4.21. The molecule has 0 spiro atoms. The van der Waals surface area contributed by atoms with Crippen LogP contribution in [-0.4, -0.2) is 25.0 Å². The summed E-state index contributed by atoms with van der Waals surface area (Å²) in [6.45, 7) is 1.70. The fraction of sp³-hybridized carbons (Fsp3) is 0.222. The van der Waals surface area contributed by atoms with Crippen LogP contribution in [0.4, 0.5) is 0 Å². The number of ether oxygens (including phenoxy) is 2. The molecule has 134 valence electrons. The second-order valence-electron chi connectivity index (χ2n) is 6.01. The Morgan fingerprint density at radius 2 is 2.12 bits per heavy atom. The Bertz CT molecular complexity index is 1070. The Hall–Kier alpha value is -2.71. The molecular formula is C18H16N2O5S. The highest BCUT2D eigenvalue weighted by molar-refractivity contribution is 7.90. The summed E-state index contributed by atoms with van der Waals surface area (Å²) in [6, 6.07) is 3.53. The van der Waals surface area contributed by atoms with Crippen molar-refractivity contribution in [2.24, 2.45) is 0 Å². The average Bonchev–Trinajstić information content (AvgIpc) is 2.66. The third kappa shape index (κ3) is 3.21. The first-order chi connectivity index (χ1) is 12.5. The lowest BCUT2D eigenvalue weighted by molar-refractivity contribution is 0.253. The Balaban J connectivity index is 1.51. The summed E-state index contributed by atoms with van der Waals surface area (Å²) in [4.78, 5) is 8.42. The highest BCUT2D eigenvalue weighted by atomic mass is 32.2. The van der Waals surface area contributed by atoms with E-state index < -0.39 is 10.1 Å². The number of aromatic nitrogens is 2. The standard InChI is InChI=1S/C18H16N2O5S/c1-12-2-4-14(5-3-12)26(21,22)24-10-13-9-23-17-7-6-16-15(18(17)25-13)8-19-11-20-16/h2,4,6-9,11H,3,5,10H2,1H3. The summed E-state index contributed by atoms with van der Waals surface area (Å²) in [5.74, 6) is 1.20. The van der Waals surface area contributed by atoms with Crippen molar-refractivity contribution in [3.63, 3.8) is 0 Å². The van der Waals surface area contributed by atoms with E-state index >= 15 is 0 Å². The predicted molar refractivity (Wildman–Crippen MR) is 94.8 cm³/mol. The number of fused-ring (bicyclic) bond motifs is 3. The molecule has 8 heteroatoms. The molecule has 26 heavy (non-hydrogen) atoms. The maximum absolute atomic E-state index is 12.3. The zero-order chi connectivity index (χ0) is 18.1. The van der Waals surface area contributed by atoms with E-state index in [0.717, 1.165) is 5.57 Å². The van der Waals surface area contributed by atoms with Crippen LogP contribution in [-0.2, 0) is 14.3 Å². The minimum absolute atomic E-state index is 0.251. The summed E-state index contributed by atoms with van der Waals surface area (Å²) in [7, 11) is -3.81. The molecule has 7 nitrogen and oxygen atoms in total. The normalized spacial score (nSPS) is 16.7. The fourth-order valence-corrected chi connectivity index (χ4v) is 3.71. The third-order valence-electron chi connectivity index (χ3n) is 4.15. The van der Waals surface area contributed by atoms with Gasteiger partial charge in [0.05, 0.1) is 15.8 Å². The van der Waals surface area contributed by atoms with E-state index in [2.05, 4.69) is 9.97 Å². The van der Waals surface area contributed by atoms with Crippen LogP contribution in [0.1, 0.15) is 19.8 Å². The van der Waals surface area contributed by atoms with E-state index in [9.17, 15) is 8.42 Å². The van der Waals surface area contributed by atoms with Crippen LogP contribution in [0.25, 0.3) is 10.9 Å². The second-order valence-corrected chi connectivity index (χ2v) is 7.68. The predicted octanol–water partition coefficient (Wildman–Crippen LogP) is 3.21. The Morgan fingerprint density at radius 3 is 2.92 bits per heavy atom. The highest BCUT2D eigenvalue weighted by Gasteiger charge is 2.23. The number of allylic oxidation sites excluding steroid dienone is 4. The first kappa shape index (κ1) is 16.7. The molecule has 2 aromatic rings. The van der Waals surface area contributed by atoms with Crippen molar-refractivity contribution in [3.05, 3.63) is 59.3 Å². The van der Waals surface area contributed by atoms with Crippen LogP contribution in [0.3, 0.4) is 0 Å². The van der Waals surface area contributed by atoms with Gasteiger partial charge in [0, 0.05) is 6.20 Å². The molecule has 0 bridgehead atoms. The van der Waals surface area contributed by atoms with Gasteiger partial charge < -0.3 is 9.47 Å². The van der Waals surface area contributed by atoms with E-state index in [1.54, 1.807) is 30.5 Å². The van der Waals surface area contributed by atoms with Gasteiger partial charge in [-0.2, -0.15) is 8.42 Å². The molecule has 0 saturated carbocycles. The minimum atomic E-state index is -3.81. The SMILES string of the molecule is CC1=CC=C(S(=O)(=O)OCC2=COc3ccc4ncncc4c3O2)CC1. The number of rotatable bonds is 4. The maximum atomic E-state index is 12.3. The van der Waals surface area contributed by atoms with Gasteiger partial charge in [-0.25, -0.2) is 9.97 Å². The number of hydrogen-bond acceptors (Lipinski definition) is 7. The fourth-order valence-electron chi connectivity index (χ4n) is 2.70. The van der Waals surface area contributed by atoms with Crippen LogP contribution in [0.2, 0.25) is 0 Å². The molecule has 0 unspecified atom stereocenters. The van der Waals surface area contributed by atoms with Crippen LogP contribution in [0, 0.1) is 0 Å². The van der Waals surface area contributed by atoms with Crippen molar-refractivity contribution in [2.45, 2.75) is 19.8 Å². The van der Waals surface area contributed by atoms with Crippen molar-refractivity contribution in [3.8, 4) is 11.5 Å². The lowest BCUT2D eigenvalue weighted by Gasteiger charge is -2.20. The van der Waals surface area contributed by atoms with Gasteiger partial charge in [-0.15, -0.1) is 0 Å². The number of nitrogens with zero attached hydrogens (tertiary/aromatic N) is 2. The second kappa shape index (κ2) is 6.54. The minimum Gasteiger partial charge on any atom is -0.457 e. The van der Waals surface area contributed by atoms with Crippen molar-refractivity contribution in [1.82, 2.24) is 9.97 Å². The van der Waals surface area contributed by atoms with Gasteiger partial charge in [0.25, 0.3) is 10.1 Å². The third-order valence-corrected chi connectivity index (χ3v) is 5.56. The first-order valence-corrected chi connectivity index (χ1v) is 9.46. The number of hydrogen-bond donors (Lipinski definition) is 0. The van der Waals surface area contributed by atoms with Crippen LogP contribution in [0.5, 0.6) is 11.5 Å². The molecule has 1 aliphatic heterocycles. The number of benzene rings is 1. The summed E-state index contributed by atoms with van der Waals surface area (Å²) >= 11 is 0.